The van der Waals surface area contributed by atoms with Crippen molar-refractivity contribution in [2.75, 3.05) is 0 Å². The molecule has 0 atom stereocenters. The molecule has 0 spiro atoms. The lowest BCUT2D eigenvalue weighted by Crippen LogP contribution is -2.12. The molecule has 0 aliphatic heterocycles. The van der Waals surface area contributed by atoms with Crippen molar-refractivity contribution >= 4 is 76.8 Å². The number of hydrogen-bond acceptors (Lipinski definition) is 0. The number of benzene rings is 7. The number of aromatic nitrogens is 2. The first-order valence-corrected chi connectivity index (χ1v) is 16.7. The summed E-state index contributed by atoms with van der Waals surface area (Å²) in [6, 6.07) is 44.1. The highest BCUT2D eigenvalue weighted by Crippen LogP contribution is 2.49. The summed E-state index contributed by atoms with van der Waals surface area (Å²) in [7, 11) is 0. The van der Waals surface area contributed by atoms with Gasteiger partial charge in [-0.25, -0.2) is 0 Å². The van der Waals surface area contributed by atoms with Gasteiger partial charge in [0.1, 0.15) is 0 Å². The van der Waals surface area contributed by atoms with E-state index in [0.717, 1.165) is 17.9 Å². The monoisotopic (exact) mass is 612 g/mol. The van der Waals surface area contributed by atoms with Crippen LogP contribution in [0.5, 0.6) is 0 Å². The van der Waals surface area contributed by atoms with Gasteiger partial charge in [0.25, 0.3) is 0 Å². The molecule has 9 rings (SSSR count). The molecule has 2 aromatic heterocycles. The van der Waals surface area contributed by atoms with Gasteiger partial charge in [-0.05, 0) is 75.7 Å². The van der Waals surface area contributed by atoms with Gasteiger partial charge in [-0.1, -0.05) is 123 Å². The molecule has 0 saturated carbocycles. The smallest absolute Gasteiger partial charge is 0.0547 e. The van der Waals surface area contributed by atoms with Gasteiger partial charge >= 0.3 is 0 Å². The summed E-state index contributed by atoms with van der Waals surface area (Å²) >= 11 is 6.56. The summed E-state index contributed by atoms with van der Waals surface area (Å²) in [6.07, 6.45) is 1.83. The third-order valence-corrected chi connectivity index (χ3v) is 10.4. The lowest BCUT2D eigenvalue weighted by Gasteiger charge is -2.28. The largest absolute Gasteiger partial charge is 0.354 e. The number of hydrogen-bond donors (Lipinski definition) is 2. The zero-order valence-corrected chi connectivity index (χ0v) is 26.7. The van der Waals surface area contributed by atoms with Gasteiger partial charge in [0.2, 0.25) is 0 Å². The maximum Gasteiger partial charge on any atom is 0.0547 e. The Morgan fingerprint density at radius 1 is 0.478 bits per heavy atom. The summed E-state index contributed by atoms with van der Waals surface area (Å²) in [6.45, 7) is 4.63. The van der Waals surface area contributed by atoms with Crippen molar-refractivity contribution in [3.8, 4) is 0 Å². The van der Waals surface area contributed by atoms with Gasteiger partial charge in [0.05, 0.1) is 11.0 Å². The van der Waals surface area contributed by atoms with Crippen molar-refractivity contribution in [3.63, 3.8) is 0 Å². The summed E-state index contributed by atoms with van der Waals surface area (Å²) < 4.78 is 0. The number of aromatic amines is 2. The Labute approximate surface area is 272 Å². The fraction of sp³-hybridized carbons (Fsp3) is 0.116. The fourth-order valence-corrected chi connectivity index (χ4v) is 8.43. The Bertz CT molecular complexity index is 2460. The van der Waals surface area contributed by atoms with Crippen molar-refractivity contribution in [3.05, 3.63) is 154 Å². The second-order valence-corrected chi connectivity index (χ2v) is 12.8. The van der Waals surface area contributed by atoms with Crippen LogP contribution in [0.25, 0.3) is 65.2 Å². The Morgan fingerprint density at radius 2 is 0.870 bits per heavy atom. The third kappa shape index (κ3) is 3.83. The molecule has 0 amide bonds. The molecule has 0 aliphatic rings. The zero-order chi connectivity index (χ0) is 30.9. The first-order chi connectivity index (χ1) is 22.7. The molecule has 46 heavy (non-hydrogen) atoms. The van der Waals surface area contributed by atoms with Crippen molar-refractivity contribution < 1.29 is 0 Å². The molecule has 0 saturated heterocycles. The van der Waals surface area contributed by atoms with E-state index in [1.807, 2.05) is 0 Å². The molecule has 0 bridgehead atoms. The molecule has 2 nitrogen and oxygen atoms in total. The quantitative estimate of drug-likeness (QED) is 0.181. The minimum absolute atomic E-state index is 0.0203. The fourth-order valence-electron chi connectivity index (χ4n) is 8.31. The van der Waals surface area contributed by atoms with Crippen molar-refractivity contribution in [2.45, 2.75) is 32.6 Å². The Balaban J connectivity index is 1.54. The standard InChI is InChI=1S/C43H33ClN2/c1-3-27-38(29-13-5-7-15-31(29)42-40(27)33-17-9-11-19-35(33)45-42)37(25-21-23-26(44)24-22-25)39-28(4-2)41-34-18-10-12-20-36(34)46-43(41)32-16-8-6-14-30(32)39/h5-24,37,45-46H,3-4H2,1-2H3. The van der Waals surface area contributed by atoms with E-state index in [0.29, 0.717) is 0 Å². The highest BCUT2D eigenvalue weighted by atomic mass is 35.5. The van der Waals surface area contributed by atoms with Crippen LogP contribution >= 0.6 is 11.6 Å². The van der Waals surface area contributed by atoms with E-state index in [1.54, 1.807) is 0 Å². The number of para-hydroxylation sites is 2. The molecule has 0 fully saturated rings. The van der Waals surface area contributed by atoms with Crippen LogP contribution in [0, 0.1) is 0 Å². The maximum atomic E-state index is 6.56. The highest BCUT2D eigenvalue weighted by molar-refractivity contribution is 6.30. The lowest BCUT2D eigenvalue weighted by atomic mass is 9.74. The van der Waals surface area contributed by atoms with Gasteiger partial charge in [-0.2, -0.15) is 0 Å². The van der Waals surface area contributed by atoms with Crippen molar-refractivity contribution in [1.29, 1.82) is 0 Å². The molecule has 222 valence electrons. The number of nitrogens with one attached hydrogen (secondary N) is 2. The van der Waals surface area contributed by atoms with Crippen LogP contribution in [0.2, 0.25) is 5.02 Å². The average Bonchev–Trinajstić information content (AvgIpc) is 3.69. The third-order valence-electron chi connectivity index (χ3n) is 10.1. The van der Waals surface area contributed by atoms with E-state index >= 15 is 0 Å². The number of halogens is 1. The number of H-pyrrole nitrogens is 2. The number of aryl methyl sites for hydroxylation is 2. The predicted molar refractivity (Wildman–Crippen MR) is 198 cm³/mol. The number of rotatable bonds is 5. The molecule has 2 N–H and O–H groups in total. The number of fused-ring (bicyclic) bond motifs is 10. The van der Waals surface area contributed by atoms with E-state index in [-0.39, 0.29) is 5.92 Å². The van der Waals surface area contributed by atoms with Gasteiger partial charge in [0.15, 0.2) is 0 Å². The van der Waals surface area contributed by atoms with E-state index in [4.69, 9.17) is 11.6 Å². The summed E-state index contributed by atoms with van der Waals surface area (Å²) in [4.78, 5) is 7.64. The molecule has 7 aromatic carbocycles. The zero-order valence-electron chi connectivity index (χ0n) is 25.9. The van der Waals surface area contributed by atoms with Crippen LogP contribution in [0.15, 0.2) is 121 Å². The van der Waals surface area contributed by atoms with Gasteiger partial charge in [-0.3, -0.25) is 0 Å². The normalized spacial score (nSPS) is 12.2. The Kier molecular flexibility index (Phi) is 6.23. The topological polar surface area (TPSA) is 31.6 Å². The molecular formula is C43H33ClN2. The lowest BCUT2D eigenvalue weighted by molar-refractivity contribution is 0.943. The summed E-state index contributed by atoms with van der Waals surface area (Å²) in [5.41, 5.74) is 11.6. The minimum atomic E-state index is -0.0203. The van der Waals surface area contributed by atoms with Crippen molar-refractivity contribution in [1.82, 2.24) is 9.97 Å². The van der Waals surface area contributed by atoms with Crippen LogP contribution in [-0.4, -0.2) is 9.97 Å². The van der Waals surface area contributed by atoms with Gasteiger partial charge < -0.3 is 9.97 Å². The first-order valence-electron chi connectivity index (χ1n) is 16.3. The van der Waals surface area contributed by atoms with Gasteiger partial charge in [0, 0.05) is 54.3 Å². The van der Waals surface area contributed by atoms with Crippen LogP contribution in [0.3, 0.4) is 0 Å². The Morgan fingerprint density at radius 3 is 1.30 bits per heavy atom. The minimum Gasteiger partial charge on any atom is -0.354 e. The predicted octanol–water partition coefficient (Wildman–Crippen LogP) is 12.2. The Hall–Kier alpha value is -5.05. The van der Waals surface area contributed by atoms with E-state index in [1.165, 1.54) is 93.0 Å². The molecule has 0 unspecified atom stereocenters. The highest BCUT2D eigenvalue weighted by Gasteiger charge is 2.30. The second kappa shape index (κ2) is 10.5. The van der Waals surface area contributed by atoms with E-state index < -0.39 is 0 Å². The van der Waals surface area contributed by atoms with Gasteiger partial charge in [-0.15, -0.1) is 0 Å². The van der Waals surface area contributed by atoms with E-state index in [2.05, 4.69) is 145 Å². The first kappa shape index (κ1) is 27.3. The molecule has 2 heterocycles. The van der Waals surface area contributed by atoms with E-state index in [9.17, 15) is 0 Å². The summed E-state index contributed by atoms with van der Waals surface area (Å²) in [5, 5.41) is 11.1. The van der Waals surface area contributed by atoms with Crippen molar-refractivity contribution in [2.24, 2.45) is 0 Å². The van der Waals surface area contributed by atoms with Crippen LogP contribution in [0.4, 0.5) is 0 Å². The molecule has 0 aliphatic carbocycles. The molecular weight excluding hydrogens is 580 g/mol. The van der Waals surface area contributed by atoms with Crippen LogP contribution in [-0.2, 0) is 12.8 Å². The summed E-state index contributed by atoms with van der Waals surface area (Å²) in [5.74, 6) is -0.0203. The maximum absolute atomic E-state index is 6.56. The van der Waals surface area contributed by atoms with Crippen LogP contribution in [0.1, 0.15) is 47.6 Å². The molecule has 3 heteroatoms. The SMILES string of the molecule is CCc1c(C(c2ccc(Cl)cc2)c2c(CC)c3c4ccccc4[nH]c3c3ccccc23)c2ccccc2c2[nH]c3ccccc3c12. The van der Waals surface area contributed by atoms with Crippen LogP contribution < -0.4 is 0 Å². The average molecular weight is 613 g/mol. The second-order valence-electron chi connectivity index (χ2n) is 12.4. The molecule has 9 aromatic rings. The molecule has 0 radical (unpaired) electrons.